The normalized spacial score (nSPS) is 13.1. The molecular formula is C14H20N2O6S. The molecule has 0 saturated carbocycles. The number of carboxylic acid groups (broad SMARTS) is 1. The standard InChI is InChI=1S/C14H20N2O6S/c1-8(2)5-12(14(17)18)15-23(21,22)13-7-11(16(19)20)6-9(3)10(13)4/h6-8,12,15H,5H2,1-4H3,(H,17,18)/t12-/m1/s1. The summed E-state index contributed by atoms with van der Waals surface area (Å²) in [4.78, 5) is 21.2. The van der Waals surface area contributed by atoms with Gasteiger partial charge in [0.25, 0.3) is 5.69 Å². The second-order valence-corrected chi connectivity index (χ2v) is 7.47. The molecule has 0 aliphatic rings. The van der Waals surface area contributed by atoms with Crippen LogP contribution in [0.15, 0.2) is 17.0 Å². The van der Waals surface area contributed by atoms with E-state index >= 15 is 0 Å². The summed E-state index contributed by atoms with van der Waals surface area (Å²) in [6.45, 7) is 6.62. The SMILES string of the molecule is Cc1cc([N+](=O)[O-])cc(S(=O)(=O)N[C@H](CC(C)C)C(=O)O)c1C. The third-order valence-electron chi connectivity index (χ3n) is 3.41. The molecule has 1 atom stereocenters. The first kappa shape index (κ1) is 19.0. The molecule has 0 heterocycles. The van der Waals surface area contributed by atoms with Crippen molar-refractivity contribution >= 4 is 21.7 Å². The van der Waals surface area contributed by atoms with E-state index in [4.69, 9.17) is 5.11 Å². The van der Waals surface area contributed by atoms with E-state index < -0.39 is 27.0 Å². The van der Waals surface area contributed by atoms with Crippen molar-refractivity contribution in [2.45, 2.75) is 45.1 Å². The second-order valence-electron chi connectivity index (χ2n) is 5.78. The molecule has 0 unspecified atom stereocenters. The molecule has 0 spiro atoms. The topological polar surface area (TPSA) is 127 Å². The molecule has 0 aliphatic heterocycles. The number of rotatable bonds is 7. The van der Waals surface area contributed by atoms with E-state index in [1.807, 2.05) is 0 Å². The number of nitro benzene ring substituents is 1. The van der Waals surface area contributed by atoms with Gasteiger partial charge in [0.2, 0.25) is 10.0 Å². The predicted molar refractivity (Wildman–Crippen MR) is 83.8 cm³/mol. The summed E-state index contributed by atoms with van der Waals surface area (Å²) in [5.41, 5.74) is 0.427. The summed E-state index contributed by atoms with van der Waals surface area (Å²) < 4.78 is 27.1. The van der Waals surface area contributed by atoms with Crippen LogP contribution in [0.2, 0.25) is 0 Å². The van der Waals surface area contributed by atoms with E-state index in [1.54, 1.807) is 20.8 Å². The number of sulfonamides is 1. The quantitative estimate of drug-likeness (QED) is 0.575. The van der Waals surface area contributed by atoms with Crippen molar-refractivity contribution in [3.63, 3.8) is 0 Å². The molecule has 0 radical (unpaired) electrons. The van der Waals surface area contributed by atoms with Crippen LogP contribution in [-0.4, -0.2) is 30.5 Å². The fourth-order valence-electron chi connectivity index (χ4n) is 2.11. The Morgan fingerprint density at radius 2 is 1.91 bits per heavy atom. The van der Waals surface area contributed by atoms with Crippen LogP contribution < -0.4 is 4.72 Å². The van der Waals surface area contributed by atoms with Crippen LogP contribution in [0.1, 0.15) is 31.4 Å². The smallest absolute Gasteiger partial charge is 0.321 e. The monoisotopic (exact) mass is 344 g/mol. The minimum atomic E-state index is -4.19. The Balaban J connectivity index is 3.32. The van der Waals surface area contributed by atoms with E-state index in [0.29, 0.717) is 11.1 Å². The van der Waals surface area contributed by atoms with E-state index in [9.17, 15) is 23.3 Å². The lowest BCUT2D eigenvalue weighted by Crippen LogP contribution is -2.41. The maximum Gasteiger partial charge on any atom is 0.321 e. The summed E-state index contributed by atoms with van der Waals surface area (Å²) in [5.74, 6) is -1.33. The average molecular weight is 344 g/mol. The average Bonchev–Trinajstić information content (AvgIpc) is 2.39. The molecule has 1 rings (SSSR count). The molecular weight excluding hydrogens is 324 g/mol. The molecule has 0 amide bonds. The number of aryl methyl sites for hydroxylation is 1. The van der Waals surface area contributed by atoms with E-state index in [-0.39, 0.29) is 22.9 Å². The second kappa shape index (κ2) is 7.05. The van der Waals surface area contributed by atoms with Crippen LogP contribution in [0.4, 0.5) is 5.69 Å². The number of nitrogens with one attached hydrogen (secondary N) is 1. The van der Waals surface area contributed by atoms with Crippen molar-refractivity contribution in [1.82, 2.24) is 4.72 Å². The van der Waals surface area contributed by atoms with Crippen LogP contribution in [0.3, 0.4) is 0 Å². The molecule has 0 aliphatic carbocycles. The van der Waals surface area contributed by atoms with Crippen LogP contribution in [-0.2, 0) is 14.8 Å². The Hall–Kier alpha value is -2.00. The lowest BCUT2D eigenvalue weighted by molar-refractivity contribution is -0.385. The highest BCUT2D eigenvalue weighted by Crippen LogP contribution is 2.25. The highest BCUT2D eigenvalue weighted by Gasteiger charge is 2.29. The summed E-state index contributed by atoms with van der Waals surface area (Å²) in [5, 5.41) is 20.1. The van der Waals surface area contributed by atoms with Gasteiger partial charge in [-0.05, 0) is 37.3 Å². The Morgan fingerprint density at radius 1 is 1.35 bits per heavy atom. The van der Waals surface area contributed by atoms with Crippen molar-refractivity contribution in [2.75, 3.05) is 0 Å². The van der Waals surface area contributed by atoms with Gasteiger partial charge in [-0.25, -0.2) is 8.42 Å². The minimum absolute atomic E-state index is 0.0354. The molecule has 0 saturated heterocycles. The molecule has 1 aromatic rings. The number of non-ortho nitro benzene ring substituents is 1. The van der Waals surface area contributed by atoms with Crippen LogP contribution in [0.25, 0.3) is 0 Å². The number of nitro groups is 1. The molecule has 23 heavy (non-hydrogen) atoms. The number of hydrogen-bond acceptors (Lipinski definition) is 5. The van der Waals surface area contributed by atoms with Crippen molar-refractivity contribution in [2.24, 2.45) is 5.92 Å². The van der Waals surface area contributed by atoms with Gasteiger partial charge in [-0.1, -0.05) is 13.8 Å². The van der Waals surface area contributed by atoms with Gasteiger partial charge >= 0.3 is 5.97 Å². The zero-order chi connectivity index (χ0) is 17.9. The van der Waals surface area contributed by atoms with Crippen molar-refractivity contribution in [3.05, 3.63) is 33.4 Å². The summed E-state index contributed by atoms with van der Waals surface area (Å²) in [7, 11) is -4.19. The Kier molecular flexibility index (Phi) is 5.84. The summed E-state index contributed by atoms with van der Waals surface area (Å²) in [6.07, 6.45) is 0.113. The lowest BCUT2D eigenvalue weighted by atomic mass is 10.1. The lowest BCUT2D eigenvalue weighted by Gasteiger charge is -2.18. The largest absolute Gasteiger partial charge is 0.480 e. The third-order valence-corrected chi connectivity index (χ3v) is 5.01. The van der Waals surface area contributed by atoms with Gasteiger partial charge < -0.3 is 5.11 Å². The fourth-order valence-corrected chi connectivity index (χ4v) is 3.65. The molecule has 128 valence electrons. The van der Waals surface area contributed by atoms with Crippen LogP contribution in [0.5, 0.6) is 0 Å². The number of benzene rings is 1. The molecule has 8 nitrogen and oxygen atoms in total. The van der Waals surface area contributed by atoms with Gasteiger partial charge in [-0.15, -0.1) is 0 Å². The zero-order valence-corrected chi connectivity index (χ0v) is 14.2. The molecule has 0 aromatic heterocycles. The molecule has 1 aromatic carbocycles. The summed E-state index contributed by atoms with van der Waals surface area (Å²) >= 11 is 0. The number of carbonyl (C=O) groups is 1. The first-order valence-electron chi connectivity index (χ1n) is 6.96. The van der Waals surface area contributed by atoms with Gasteiger partial charge in [-0.2, -0.15) is 4.72 Å². The summed E-state index contributed by atoms with van der Waals surface area (Å²) in [6, 6.07) is 0.926. The highest BCUT2D eigenvalue weighted by molar-refractivity contribution is 7.89. The first-order valence-corrected chi connectivity index (χ1v) is 8.44. The first-order chi connectivity index (χ1) is 10.5. The van der Waals surface area contributed by atoms with Crippen molar-refractivity contribution < 1.29 is 23.2 Å². The van der Waals surface area contributed by atoms with Crippen LogP contribution >= 0.6 is 0 Å². The van der Waals surface area contributed by atoms with Gasteiger partial charge in [0, 0.05) is 12.1 Å². The molecule has 2 N–H and O–H groups in total. The zero-order valence-electron chi connectivity index (χ0n) is 13.4. The van der Waals surface area contributed by atoms with Gasteiger partial charge in [-0.3, -0.25) is 14.9 Å². The Labute approximate surface area is 134 Å². The van der Waals surface area contributed by atoms with Gasteiger partial charge in [0.15, 0.2) is 0 Å². The Bertz CT molecular complexity index is 727. The highest BCUT2D eigenvalue weighted by atomic mass is 32.2. The maximum atomic E-state index is 12.5. The predicted octanol–water partition coefficient (Wildman–Crippen LogP) is 1.99. The van der Waals surface area contributed by atoms with Crippen molar-refractivity contribution in [3.8, 4) is 0 Å². The van der Waals surface area contributed by atoms with E-state index in [1.165, 1.54) is 13.0 Å². The molecule has 0 bridgehead atoms. The minimum Gasteiger partial charge on any atom is -0.480 e. The molecule has 0 fully saturated rings. The number of nitrogens with zero attached hydrogens (tertiary/aromatic N) is 1. The number of hydrogen-bond donors (Lipinski definition) is 2. The van der Waals surface area contributed by atoms with Gasteiger partial charge in [0.05, 0.1) is 9.82 Å². The number of aliphatic carboxylic acids is 1. The fraction of sp³-hybridized carbons (Fsp3) is 0.500. The third kappa shape index (κ3) is 4.73. The van der Waals surface area contributed by atoms with E-state index in [2.05, 4.69) is 4.72 Å². The van der Waals surface area contributed by atoms with Crippen molar-refractivity contribution in [1.29, 1.82) is 0 Å². The van der Waals surface area contributed by atoms with Gasteiger partial charge in [0.1, 0.15) is 6.04 Å². The number of carboxylic acids is 1. The Morgan fingerprint density at radius 3 is 2.35 bits per heavy atom. The maximum absolute atomic E-state index is 12.5. The van der Waals surface area contributed by atoms with E-state index in [0.717, 1.165) is 6.07 Å². The molecule has 9 heteroatoms. The van der Waals surface area contributed by atoms with Crippen LogP contribution in [0, 0.1) is 29.9 Å².